The van der Waals surface area contributed by atoms with E-state index in [9.17, 15) is 14.0 Å². The van der Waals surface area contributed by atoms with Crippen molar-refractivity contribution in [1.82, 2.24) is 9.88 Å². The molecular formula is C10H12FN3O3. The zero-order valence-corrected chi connectivity index (χ0v) is 9.01. The summed E-state index contributed by atoms with van der Waals surface area (Å²) in [6.45, 7) is 0.327. The first-order chi connectivity index (χ1) is 8.11. The van der Waals surface area contributed by atoms with Gasteiger partial charge >= 0.3 is 0 Å². The van der Waals surface area contributed by atoms with Gasteiger partial charge in [-0.05, 0) is 12.8 Å². The highest BCUT2D eigenvalue weighted by Crippen LogP contribution is 2.24. The highest BCUT2D eigenvalue weighted by Gasteiger charge is 2.38. The normalized spacial score (nSPS) is 21.5. The average molecular weight is 241 g/mol. The van der Waals surface area contributed by atoms with Crippen molar-refractivity contribution in [3.8, 4) is 0 Å². The molecule has 92 valence electrons. The van der Waals surface area contributed by atoms with Crippen molar-refractivity contribution < 1.29 is 18.4 Å². The lowest BCUT2D eigenvalue weighted by Gasteiger charge is -2.22. The Morgan fingerprint density at radius 1 is 1.65 bits per heavy atom. The topological polar surface area (TPSA) is 89.4 Å². The summed E-state index contributed by atoms with van der Waals surface area (Å²) in [4.78, 5) is 27.6. The van der Waals surface area contributed by atoms with Crippen molar-refractivity contribution in [3.05, 3.63) is 18.4 Å². The van der Waals surface area contributed by atoms with E-state index >= 15 is 0 Å². The molecule has 2 atom stereocenters. The van der Waals surface area contributed by atoms with Crippen molar-refractivity contribution in [2.75, 3.05) is 6.54 Å². The number of nitrogens with two attached hydrogens (primary N) is 1. The third-order valence-electron chi connectivity index (χ3n) is 2.75. The number of rotatable bonds is 3. The van der Waals surface area contributed by atoms with Gasteiger partial charge in [-0.3, -0.25) is 9.59 Å². The summed E-state index contributed by atoms with van der Waals surface area (Å²) in [5.41, 5.74) is 5.15. The van der Waals surface area contributed by atoms with Crippen molar-refractivity contribution in [2.24, 2.45) is 5.73 Å². The second kappa shape index (κ2) is 4.52. The number of amides is 2. The number of carbonyl (C=O) groups excluding carboxylic acids is 2. The van der Waals surface area contributed by atoms with E-state index in [0.717, 1.165) is 4.90 Å². The van der Waals surface area contributed by atoms with E-state index in [-0.39, 0.29) is 5.89 Å². The van der Waals surface area contributed by atoms with E-state index in [4.69, 9.17) is 10.2 Å². The number of nitrogens with zero attached hydrogens (tertiary/aromatic N) is 2. The molecule has 1 saturated heterocycles. The molecule has 2 unspecified atom stereocenters. The molecule has 17 heavy (non-hydrogen) atoms. The largest absolute Gasteiger partial charge is 0.445 e. The summed E-state index contributed by atoms with van der Waals surface area (Å²) < 4.78 is 18.5. The summed E-state index contributed by atoms with van der Waals surface area (Å²) in [5.74, 6) is -1.74. The summed E-state index contributed by atoms with van der Waals surface area (Å²) in [7, 11) is 0. The number of halogens is 1. The Morgan fingerprint density at radius 3 is 3.00 bits per heavy atom. The highest BCUT2D eigenvalue weighted by atomic mass is 19.1. The van der Waals surface area contributed by atoms with Crippen LogP contribution in [0.1, 0.15) is 24.9 Å². The van der Waals surface area contributed by atoms with Crippen LogP contribution in [0.25, 0.3) is 0 Å². The van der Waals surface area contributed by atoms with Gasteiger partial charge in [0.25, 0.3) is 12.1 Å². The van der Waals surface area contributed by atoms with E-state index in [0.29, 0.717) is 19.4 Å². The number of primary amides is 1. The molecule has 1 aliphatic heterocycles. The van der Waals surface area contributed by atoms with Gasteiger partial charge in [0.15, 0.2) is 0 Å². The van der Waals surface area contributed by atoms with E-state index in [1.807, 2.05) is 0 Å². The van der Waals surface area contributed by atoms with Gasteiger partial charge in [0.05, 0.1) is 6.20 Å². The van der Waals surface area contributed by atoms with Gasteiger partial charge in [-0.1, -0.05) is 0 Å². The predicted octanol–water partition coefficient (Wildman–Crippen LogP) is 0.161. The Bertz CT molecular complexity index is 420. The predicted molar refractivity (Wildman–Crippen MR) is 54.3 cm³/mol. The lowest BCUT2D eigenvalue weighted by atomic mass is 10.2. The van der Waals surface area contributed by atoms with Crippen molar-refractivity contribution in [1.29, 1.82) is 0 Å². The first-order valence-corrected chi connectivity index (χ1v) is 5.24. The first-order valence-electron chi connectivity index (χ1n) is 5.24. The van der Waals surface area contributed by atoms with Crippen molar-refractivity contribution in [3.63, 3.8) is 0 Å². The molecule has 1 fully saturated rings. The standard InChI is InChI=1S/C10H12FN3O3/c11-7(9-13-3-5-17-9)10(16)14-4-1-2-6(14)8(12)15/h3,5-7H,1-2,4H2,(H2,12,15). The zero-order valence-electron chi connectivity index (χ0n) is 9.01. The average Bonchev–Trinajstić information content (AvgIpc) is 2.97. The molecule has 1 aromatic heterocycles. The summed E-state index contributed by atoms with van der Waals surface area (Å²) >= 11 is 0. The lowest BCUT2D eigenvalue weighted by Crippen LogP contribution is -2.45. The molecule has 0 aromatic carbocycles. The maximum absolute atomic E-state index is 13.8. The fraction of sp³-hybridized carbons (Fsp3) is 0.500. The SMILES string of the molecule is NC(=O)C1CCCN1C(=O)C(F)c1ncco1. The number of aromatic nitrogens is 1. The second-order valence-electron chi connectivity index (χ2n) is 3.82. The number of alkyl halides is 1. The number of oxazole rings is 1. The Balaban J connectivity index is 2.12. The second-order valence-corrected chi connectivity index (χ2v) is 3.82. The van der Waals surface area contributed by atoms with Crippen LogP contribution in [0.4, 0.5) is 4.39 Å². The summed E-state index contributed by atoms with van der Waals surface area (Å²) in [6.07, 6.45) is 1.57. The molecule has 0 bridgehead atoms. The Hall–Kier alpha value is -1.92. The minimum Gasteiger partial charge on any atom is -0.445 e. The van der Waals surface area contributed by atoms with E-state index in [2.05, 4.69) is 4.98 Å². The third kappa shape index (κ3) is 2.13. The van der Waals surface area contributed by atoms with Crippen LogP contribution in [0.5, 0.6) is 0 Å². The van der Waals surface area contributed by atoms with Crippen molar-refractivity contribution >= 4 is 11.8 Å². The Kier molecular flexibility index (Phi) is 3.08. The maximum Gasteiger partial charge on any atom is 0.267 e. The quantitative estimate of drug-likeness (QED) is 0.816. The molecule has 2 N–H and O–H groups in total. The van der Waals surface area contributed by atoms with E-state index < -0.39 is 24.0 Å². The lowest BCUT2D eigenvalue weighted by molar-refractivity contribution is -0.142. The van der Waals surface area contributed by atoms with E-state index in [1.54, 1.807) is 0 Å². The van der Waals surface area contributed by atoms with Gasteiger partial charge in [0.1, 0.15) is 12.3 Å². The van der Waals surface area contributed by atoms with Gasteiger partial charge in [-0.2, -0.15) is 0 Å². The molecule has 2 heterocycles. The molecule has 7 heteroatoms. The van der Waals surface area contributed by atoms with Crippen LogP contribution in [0.2, 0.25) is 0 Å². The smallest absolute Gasteiger partial charge is 0.267 e. The molecule has 6 nitrogen and oxygen atoms in total. The molecule has 1 aromatic rings. The van der Waals surface area contributed by atoms with Gasteiger partial charge < -0.3 is 15.1 Å². The van der Waals surface area contributed by atoms with Crippen LogP contribution >= 0.6 is 0 Å². The van der Waals surface area contributed by atoms with Crippen LogP contribution in [-0.4, -0.2) is 34.3 Å². The number of carbonyl (C=O) groups is 2. The van der Waals surface area contributed by atoms with Gasteiger partial charge in [-0.25, -0.2) is 9.37 Å². The van der Waals surface area contributed by atoms with Crippen LogP contribution < -0.4 is 5.73 Å². The van der Waals surface area contributed by atoms with Gasteiger partial charge in [-0.15, -0.1) is 0 Å². The number of likely N-dealkylation sites (tertiary alicyclic amines) is 1. The van der Waals surface area contributed by atoms with Crippen LogP contribution in [-0.2, 0) is 9.59 Å². The molecule has 0 aliphatic carbocycles. The van der Waals surface area contributed by atoms with Crippen LogP contribution in [0.15, 0.2) is 16.9 Å². The van der Waals surface area contributed by atoms with Crippen molar-refractivity contribution in [2.45, 2.75) is 25.1 Å². The Labute approximate surface area is 96.6 Å². The number of hydrogen-bond acceptors (Lipinski definition) is 4. The fourth-order valence-corrected chi connectivity index (χ4v) is 1.94. The van der Waals surface area contributed by atoms with Crippen LogP contribution in [0, 0.1) is 0 Å². The Morgan fingerprint density at radius 2 is 2.41 bits per heavy atom. The summed E-state index contributed by atoms with van der Waals surface area (Å²) in [6, 6.07) is -0.726. The maximum atomic E-state index is 13.8. The minimum absolute atomic E-state index is 0.301. The van der Waals surface area contributed by atoms with E-state index in [1.165, 1.54) is 12.5 Å². The van der Waals surface area contributed by atoms with Crippen LogP contribution in [0.3, 0.4) is 0 Å². The monoisotopic (exact) mass is 241 g/mol. The zero-order chi connectivity index (χ0) is 12.4. The molecule has 0 spiro atoms. The molecule has 1 aliphatic rings. The molecule has 2 rings (SSSR count). The van der Waals surface area contributed by atoms with Gasteiger partial charge in [0, 0.05) is 6.54 Å². The first kappa shape index (κ1) is 11.6. The molecule has 0 saturated carbocycles. The summed E-state index contributed by atoms with van der Waals surface area (Å²) in [5, 5.41) is 0. The molecule has 0 radical (unpaired) electrons. The number of hydrogen-bond donors (Lipinski definition) is 1. The van der Waals surface area contributed by atoms with Gasteiger partial charge in [0.2, 0.25) is 11.8 Å². The molecular weight excluding hydrogens is 229 g/mol. The molecule has 2 amide bonds. The highest BCUT2D eigenvalue weighted by molar-refractivity contribution is 5.89. The fourth-order valence-electron chi connectivity index (χ4n) is 1.94. The third-order valence-corrected chi connectivity index (χ3v) is 2.75. The minimum atomic E-state index is -1.98.